The van der Waals surface area contributed by atoms with Gasteiger partial charge in [-0.25, -0.2) is 4.98 Å². The second-order valence-corrected chi connectivity index (χ2v) is 6.85. The minimum atomic E-state index is 0.133. The van der Waals surface area contributed by atoms with Crippen LogP contribution in [0.5, 0.6) is 0 Å². The third-order valence-electron chi connectivity index (χ3n) is 4.48. The van der Waals surface area contributed by atoms with Gasteiger partial charge in [0.15, 0.2) is 0 Å². The molecule has 2 aromatic rings. The SMILES string of the molecule is COC1CCCC1n1cc(C(C)(C)C)c2cccnc21. The molecule has 3 heteroatoms. The monoisotopic (exact) mass is 272 g/mol. The summed E-state index contributed by atoms with van der Waals surface area (Å²) in [6.45, 7) is 6.80. The molecule has 3 nitrogen and oxygen atoms in total. The maximum absolute atomic E-state index is 5.67. The highest BCUT2D eigenvalue weighted by molar-refractivity contribution is 5.81. The lowest BCUT2D eigenvalue weighted by Crippen LogP contribution is -2.20. The summed E-state index contributed by atoms with van der Waals surface area (Å²) in [5.41, 5.74) is 2.61. The van der Waals surface area contributed by atoms with Crippen molar-refractivity contribution >= 4 is 11.0 Å². The molecule has 3 rings (SSSR count). The first-order valence-electron chi connectivity index (χ1n) is 7.51. The van der Waals surface area contributed by atoms with Gasteiger partial charge in [0.05, 0.1) is 12.1 Å². The smallest absolute Gasteiger partial charge is 0.140 e. The van der Waals surface area contributed by atoms with Crippen molar-refractivity contribution in [1.29, 1.82) is 0 Å². The number of fused-ring (bicyclic) bond motifs is 1. The predicted octanol–water partition coefficient (Wildman–Crippen LogP) is 4.07. The number of methoxy groups -OCH3 is 1. The number of rotatable bonds is 2. The molecule has 2 unspecified atom stereocenters. The van der Waals surface area contributed by atoms with E-state index in [0.717, 1.165) is 12.1 Å². The molecular formula is C17H24N2O. The summed E-state index contributed by atoms with van der Waals surface area (Å²) < 4.78 is 8.03. The lowest BCUT2D eigenvalue weighted by Gasteiger charge is -2.21. The Labute approximate surface area is 121 Å². The molecule has 0 bridgehead atoms. The first-order chi connectivity index (χ1) is 9.52. The van der Waals surface area contributed by atoms with Crippen molar-refractivity contribution in [3.63, 3.8) is 0 Å². The van der Waals surface area contributed by atoms with Crippen LogP contribution in [0.2, 0.25) is 0 Å². The molecule has 0 aliphatic heterocycles. The van der Waals surface area contributed by atoms with Crippen LogP contribution in [0.15, 0.2) is 24.5 Å². The van der Waals surface area contributed by atoms with E-state index in [1.807, 2.05) is 19.4 Å². The van der Waals surface area contributed by atoms with Gasteiger partial charge in [0.25, 0.3) is 0 Å². The van der Waals surface area contributed by atoms with Gasteiger partial charge in [0.1, 0.15) is 5.65 Å². The van der Waals surface area contributed by atoms with E-state index in [2.05, 4.69) is 42.6 Å². The van der Waals surface area contributed by atoms with Gasteiger partial charge in [-0.3, -0.25) is 0 Å². The molecule has 1 aliphatic rings. The highest BCUT2D eigenvalue weighted by atomic mass is 16.5. The second kappa shape index (κ2) is 4.88. The van der Waals surface area contributed by atoms with Crippen molar-refractivity contribution in [1.82, 2.24) is 9.55 Å². The first kappa shape index (κ1) is 13.6. The molecule has 20 heavy (non-hydrogen) atoms. The molecule has 2 aromatic heterocycles. The summed E-state index contributed by atoms with van der Waals surface area (Å²) in [5.74, 6) is 0. The normalized spacial score (nSPS) is 23.6. The van der Waals surface area contributed by atoms with Crippen LogP contribution in [-0.4, -0.2) is 22.8 Å². The lowest BCUT2D eigenvalue weighted by atomic mass is 9.87. The molecule has 0 radical (unpaired) electrons. The molecule has 0 saturated heterocycles. The molecule has 2 atom stereocenters. The van der Waals surface area contributed by atoms with E-state index in [-0.39, 0.29) is 5.41 Å². The predicted molar refractivity (Wildman–Crippen MR) is 82.1 cm³/mol. The third kappa shape index (κ3) is 2.14. The van der Waals surface area contributed by atoms with Crippen LogP contribution in [0.4, 0.5) is 0 Å². The minimum absolute atomic E-state index is 0.133. The van der Waals surface area contributed by atoms with E-state index in [1.165, 1.54) is 23.8 Å². The maximum atomic E-state index is 5.67. The lowest BCUT2D eigenvalue weighted by molar-refractivity contribution is 0.0761. The Hall–Kier alpha value is -1.35. The van der Waals surface area contributed by atoms with Gasteiger partial charge in [0, 0.05) is 24.9 Å². The first-order valence-corrected chi connectivity index (χ1v) is 7.51. The van der Waals surface area contributed by atoms with Crippen molar-refractivity contribution in [2.75, 3.05) is 7.11 Å². The van der Waals surface area contributed by atoms with Gasteiger partial charge in [-0.15, -0.1) is 0 Å². The Morgan fingerprint density at radius 3 is 2.80 bits per heavy atom. The number of nitrogens with zero attached hydrogens (tertiary/aromatic N) is 2. The molecule has 1 fully saturated rings. The van der Waals surface area contributed by atoms with Crippen molar-refractivity contribution < 1.29 is 4.74 Å². The summed E-state index contributed by atoms with van der Waals surface area (Å²) in [6, 6.07) is 4.65. The average molecular weight is 272 g/mol. The van der Waals surface area contributed by atoms with Crippen molar-refractivity contribution in [2.45, 2.75) is 57.6 Å². The van der Waals surface area contributed by atoms with E-state index < -0.39 is 0 Å². The van der Waals surface area contributed by atoms with Gasteiger partial charge in [0.2, 0.25) is 0 Å². The van der Waals surface area contributed by atoms with E-state index >= 15 is 0 Å². The Morgan fingerprint density at radius 1 is 1.30 bits per heavy atom. The zero-order valence-electron chi connectivity index (χ0n) is 12.9. The highest BCUT2D eigenvalue weighted by Crippen LogP contribution is 2.38. The van der Waals surface area contributed by atoms with Crippen molar-refractivity contribution in [3.8, 4) is 0 Å². The van der Waals surface area contributed by atoms with Crippen LogP contribution in [0.3, 0.4) is 0 Å². The Morgan fingerprint density at radius 2 is 2.10 bits per heavy atom. The van der Waals surface area contributed by atoms with Gasteiger partial charge >= 0.3 is 0 Å². The number of pyridine rings is 1. The largest absolute Gasteiger partial charge is 0.379 e. The van der Waals surface area contributed by atoms with Crippen LogP contribution in [0.25, 0.3) is 11.0 Å². The maximum Gasteiger partial charge on any atom is 0.140 e. The number of hydrogen-bond acceptors (Lipinski definition) is 2. The highest BCUT2D eigenvalue weighted by Gasteiger charge is 2.31. The van der Waals surface area contributed by atoms with E-state index in [9.17, 15) is 0 Å². The molecule has 0 spiro atoms. The molecular weight excluding hydrogens is 248 g/mol. The zero-order chi connectivity index (χ0) is 14.3. The second-order valence-electron chi connectivity index (χ2n) is 6.85. The summed E-state index contributed by atoms with van der Waals surface area (Å²) >= 11 is 0. The summed E-state index contributed by atoms with van der Waals surface area (Å²) in [5, 5.41) is 1.28. The van der Waals surface area contributed by atoms with Gasteiger partial charge < -0.3 is 9.30 Å². The third-order valence-corrected chi connectivity index (χ3v) is 4.48. The van der Waals surface area contributed by atoms with E-state index in [1.54, 1.807) is 0 Å². The zero-order valence-corrected chi connectivity index (χ0v) is 12.9. The summed E-state index contributed by atoms with van der Waals surface area (Å²) in [4.78, 5) is 4.64. The molecule has 1 aliphatic carbocycles. The quantitative estimate of drug-likeness (QED) is 0.824. The Kier molecular flexibility index (Phi) is 3.33. The van der Waals surface area contributed by atoms with Crippen LogP contribution < -0.4 is 0 Å². The number of aromatic nitrogens is 2. The molecule has 2 heterocycles. The van der Waals surface area contributed by atoms with Crippen molar-refractivity contribution in [2.24, 2.45) is 0 Å². The molecule has 0 N–H and O–H groups in total. The fourth-order valence-electron chi connectivity index (χ4n) is 3.43. The van der Waals surface area contributed by atoms with Crippen LogP contribution in [-0.2, 0) is 10.2 Å². The molecule has 108 valence electrons. The van der Waals surface area contributed by atoms with Crippen LogP contribution in [0.1, 0.15) is 51.6 Å². The Bertz CT molecular complexity index is 609. The molecule has 1 saturated carbocycles. The number of hydrogen-bond donors (Lipinski definition) is 0. The fraction of sp³-hybridized carbons (Fsp3) is 0.588. The fourth-order valence-corrected chi connectivity index (χ4v) is 3.43. The average Bonchev–Trinajstić information content (AvgIpc) is 3.01. The number of ether oxygens (including phenoxy) is 1. The summed E-state index contributed by atoms with van der Waals surface area (Å²) in [7, 11) is 1.83. The molecule has 0 aromatic carbocycles. The van der Waals surface area contributed by atoms with E-state index in [0.29, 0.717) is 12.1 Å². The minimum Gasteiger partial charge on any atom is -0.379 e. The van der Waals surface area contributed by atoms with Crippen molar-refractivity contribution in [3.05, 3.63) is 30.1 Å². The molecule has 0 amide bonds. The van der Waals surface area contributed by atoms with Gasteiger partial charge in [-0.2, -0.15) is 0 Å². The topological polar surface area (TPSA) is 27.1 Å². The van der Waals surface area contributed by atoms with Crippen LogP contribution in [0, 0.1) is 0 Å². The van der Waals surface area contributed by atoms with Gasteiger partial charge in [-0.05, 0) is 42.4 Å². The van der Waals surface area contributed by atoms with E-state index in [4.69, 9.17) is 4.74 Å². The summed E-state index contributed by atoms with van der Waals surface area (Å²) in [6.07, 6.45) is 8.09. The standard InChI is InChI=1S/C17H24N2O/c1-17(2,3)13-11-19(14-8-5-9-15(14)20-4)16-12(13)7-6-10-18-16/h6-7,10-11,14-15H,5,8-9H2,1-4H3. The van der Waals surface area contributed by atoms with Gasteiger partial charge in [-0.1, -0.05) is 20.8 Å². The van der Waals surface area contributed by atoms with Crippen LogP contribution >= 0.6 is 0 Å². The Balaban J connectivity index is 2.16.